The van der Waals surface area contributed by atoms with Crippen molar-refractivity contribution in [3.8, 4) is 5.88 Å². The highest BCUT2D eigenvalue weighted by molar-refractivity contribution is 5.74. The Morgan fingerprint density at radius 1 is 1.21 bits per heavy atom. The molecule has 1 atom stereocenters. The zero-order valence-electron chi connectivity index (χ0n) is 14.8. The molecule has 1 aliphatic heterocycles. The van der Waals surface area contributed by atoms with E-state index in [1.165, 1.54) is 19.3 Å². The molecule has 6 heteroatoms. The number of hydrogen-bond donors (Lipinski definition) is 0. The van der Waals surface area contributed by atoms with E-state index >= 15 is 0 Å². The van der Waals surface area contributed by atoms with Gasteiger partial charge in [0.2, 0.25) is 11.8 Å². The Balaban J connectivity index is 1.66. The van der Waals surface area contributed by atoms with E-state index in [0.29, 0.717) is 24.6 Å². The Morgan fingerprint density at radius 3 is 2.62 bits per heavy atom. The van der Waals surface area contributed by atoms with E-state index in [1.807, 2.05) is 13.0 Å². The molecule has 2 aliphatic rings. The summed E-state index contributed by atoms with van der Waals surface area (Å²) >= 11 is 0. The van der Waals surface area contributed by atoms with Gasteiger partial charge < -0.3 is 14.5 Å². The van der Waals surface area contributed by atoms with Crippen LogP contribution in [-0.2, 0) is 4.79 Å². The normalized spacial score (nSPS) is 21.8. The van der Waals surface area contributed by atoms with Crippen molar-refractivity contribution >= 4 is 11.7 Å². The highest BCUT2D eigenvalue weighted by Gasteiger charge is 2.33. The van der Waals surface area contributed by atoms with Gasteiger partial charge in [0, 0.05) is 38.2 Å². The maximum atomic E-state index is 12.1. The number of hydrogen-bond acceptors (Lipinski definition) is 5. The standard InChI is InChI=1S/C18H28N4O2/c1-3-24-18-12-17(19-13-20-18)21-10-5-8-16(9-11-21)22(14(2)23)15-6-4-7-15/h12-13,15-16H,3-11H2,1-2H3/t16-/m0/s1. The Labute approximate surface area is 144 Å². The minimum atomic E-state index is 0.235. The summed E-state index contributed by atoms with van der Waals surface area (Å²) in [4.78, 5) is 25.1. The summed E-state index contributed by atoms with van der Waals surface area (Å²) in [5, 5.41) is 0. The van der Waals surface area contributed by atoms with Crippen LogP contribution in [0.25, 0.3) is 0 Å². The predicted octanol–water partition coefficient (Wildman–Crippen LogP) is 2.64. The van der Waals surface area contributed by atoms with E-state index < -0.39 is 0 Å². The third-order valence-electron chi connectivity index (χ3n) is 5.17. The Bertz CT molecular complexity index is 562. The number of nitrogens with zero attached hydrogens (tertiary/aromatic N) is 4. The second-order valence-corrected chi connectivity index (χ2v) is 6.73. The maximum Gasteiger partial charge on any atom is 0.219 e. The van der Waals surface area contributed by atoms with Crippen LogP contribution in [0.15, 0.2) is 12.4 Å². The van der Waals surface area contributed by atoms with Crippen LogP contribution in [-0.4, -0.2) is 52.6 Å². The summed E-state index contributed by atoms with van der Waals surface area (Å²) in [6, 6.07) is 2.76. The third-order valence-corrected chi connectivity index (χ3v) is 5.17. The van der Waals surface area contributed by atoms with E-state index in [2.05, 4.69) is 19.8 Å². The lowest BCUT2D eigenvalue weighted by Gasteiger charge is -2.42. The van der Waals surface area contributed by atoms with Crippen molar-refractivity contribution in [2.24, 2.45) is 0 Å². The van der Waals surface area contributed by atoms with E-state index in [-0.39, 0.29) is 5.91 Å². The van der Waals surface area contributed by atoms with E-state index in [9.17, 15) is 4.79 Å². The van der Waals surface area contributed by atoms with E-state index in [4.69, 9.17) is 4.74 Å². The van der Waals surface area contributed by atoms with Gasteiger partial charge in [0.15, 0.2) is 0 Å². The molecule has 1 aromatic heterocycles. The van der Waals surface area contributed by atoms with Crippen LogP contribution < -0.4 is 9.64 Å². The van der Waals surface area contributed by atoms with Crippen LogP contribution in [0.5, 0.6) is 5.88 Å². The van der Waals surface area contributed by atoms with Crippen LogP contribution in [0.1, 0.15) is 52.4 Å². The van der Waals surface area contributed by atoms with Crippen LogP contribution >= 0.6 is 0 Å². The van der Waals surface area contributed by atoms with Crippen LogP contribution in [0.3, 0.4) is 0 Å². The van der Waals surface area contributed by atoms with Gasteiger partial charge in [-0.25, -0.2) is 9.97 Å². The lowest BCUT2D eigenvalue weighted by atomic mass is 9.89. The highest BCUT2D eigenvalue weighted by atomic mass is 16.5. The highest BCUT2D eigenvalue weighted by Crippen LogP contribution is 2.30. The van der Waals surface area contributed by atoms with E-state index in [1.54, 1.807) is 13.3 Å². The molecule has 0 spiro atoms. The molecule has 3 rings (SSSR count). The predicted molar refractivity (Wildman–Crippen MR) is 93.2 cm³/mol. The fraction of sp³-hybridized carbons (Fsp3) is 0.722. The summed E-state index contributed by atoms with van der Waals surface area (Å²) in [5.41, 5.74) is 0. The average molecular weight is 332 g/mol. The number of carbonyl (C=O) groups is 1. The molecule has 0 radical (unpaired) electrons. The van der Waals surface area contributed by atoms with Gasteiger partial charge in [-0.3, -0.25) is 4.79 Å². The summed E-state index contributed by atoms with van der Waals surface area (Å²) in [5.74, 6) is 1.79. The lowest BCUT2D eigenvalue weighted by Crippen LogP contribution is -2.49. The van der Waals surface area contributed by atoms with Crippen molar-refractivity contribution in [3.05, 3.63) is 12.4 Å². The van der Waals surface area contributed by atoms with Crippen molar-refractivity contribution < 1.29 is 9.53 Å². The summed E-state index contributed by atoms with van der Waals surface area (Å²) in [6.45, 7) is 6.17. The molecule has 0 unspecified atom stereocenters. The van der Waals surface area contributed by atoms with E-state index in [0.717, 1.165) is 38.2 Å². The summed E-state index contributed by atoms with van der Waals surface area (Å²) < 4.78 is 5.48. The molecular weight excluding hydrogens is 304 g/mol. The minimum absolute atomic E-state index is 0.235. The van der Waals surface area contributed by atoms with Crippen LogP contribution in [0.2, 0.25) is 0 Å². The fourth-order valence-corrected chi connectivity index (χ4v) is 3.79. The molecule has 6 nitrogen and oxygen atoms in total. The number of anilines is 1. The second-order valence-electron chi connectivity index (χ2n) is 6.73. The van der Waals surface area contributed by atoms with Gasteiger partial charge in [0.1, 0.15) is 12.1 Å². The van der Waals surface area contributed by atoms with Gasteiger partial charge in [-0.05, 0) is 45.4 Å². The van der Waals surface area contributed by atoms with Gasteiger partial charge in [-0.2, -0.15) is 0 Å². The van der Waals surface area contributed by atoms with Crippen LogP contribution in [0, 0.1) is 0 Å². The number of aromatic nitrogens is 2. The lowest BCUT2D eigenvalue weighted by molar-refractivity contribution is -0.136. The zero-order valence-corrected chi connectivity index (χ0v) is 14.8. The smallest absolute Gasteiger partial charge is 0.219 e. The van der Waals surface area contributed by atoms with Gasteiger partial charge >= 0.3 is 0 Å². The Morgan fingerprint density at radius 2 is 1.96 bits per heavy atom. The minimum Gasteiger partial charge on any atom is -0.478 e. The largest absolute Gasteiger partial charge is 0.478 e. The molecule has 24 heavy (non-hydrogen) atoms. The first-order chi connectivity index (χ1) is 11.7. The van der Waals surface area contributed by atoms with Crippen molar-refractivity contribution in [2.45, 2.75) is 64.5 Å². The molecule has 2 heterocycles. The SMILES string of the molecule is CCOc1cc(N2CCC[C@H](N(C(C)=O)C3CCC3)CC2)ncn1. The van der Waals surface area contributed by atoms with Gasteiger partial charge in [0.05, 0.1) is 6.61 Å². The molecule has 1 aliphatic carbocycles. The first kappa shape index (κ1) is 17.0. The number of carbonyl (C=O) groups excluding carboxylic acids is 1. The molecule has 1 saturated carbocycles. The van der Waals surface area contributed by atoms with Crippen molar-refractivity contribution in [2.75, 3.05) is 24.6 Å². The third kappa shape index (κ3) is 3.79. The number of amides is 1. The molecule has 132 valence electrons. The van der Waals surface area contributed by atoms with Gasteiger partial charge in [0.25, 0.3) is 0 Å². The molecule has 1 amide bonds. The second kappa shape index (κ2) is 7.81. The quantitative estimate of drug-likeness (QED) is 0.829. The maximum absolute atomic E-state index is 12.1. The number of rotatable bonds is 5. The molecule has 0 aromatic carbocycles. The molecule has 1 saturated heterocycles. The number of ether oxygens (including phenoxy) is 1. The topological polar surface area (TPSA) is 58.6 Å². The first-order valence-electron chi connectivity index (χ1n) is 9.17. The monoisotopic (exact) mass is 332 g/mol. The molecular formula is C18H28N4O2. The Hall–Kier alpha value is -1.85. The van der Waals surface area contributed by atoms with Gasteiger partial charge in [-0.15, -0.1) is 0 Å². The van der Waals surface area contributed by atoms with Gasteiger partial charge in [-0.1, -0.05) is 0 Å². The Kier molecular flexibility index (Phi) is 5.53. The fourth-order valence-electron chi connectivity index (χ4n) is 3.79. The zero-order chi connectivity index (χ0) is 16.9. The van der Waals surface area contributed by atoms with Crippen LogP contribution in [0.4, 0.5) is 5.82 Å². The first-order valence-corrected chi connectivity index (χ1v) is 9.17. The summed E-state index contributed by atoms with van der Waals surface area (Å²) in [6.07, 6.45) is 8.33. The average Bonchev–Trinajstić information content (AvgIpc) is 2.77. The molecule has 1 aromatic rings. The van der Waals surface area contributed by atoms with Crippen molar-refractivity contribution in [1.82, 2.24) is 14.9 Å². The molecule has 2 fully saturated rings. The molecule has 0 N–H and O–H groups in total. The van der Waals surface area contributed by atoms with Crippen molar-refractivity contribution in [3.63, 3.8) is 0 Å². The molecule has 0 bridgehead atoms. The van der Waals surface area contributed by atoms with Crippen molar-refractivity contribution in [1.29, 1.82) is 0 Å². The summed E-state index contributed by atoms with van der Waals surface area (Å²) in [7, 11) is 0.